The van der Waals surface area contributed by atoms with Gasteiger partial charge < -0.3 is 5.11 Å². The van der Waals surface area contributed by atoms with E-state index in [2.05, 4.69) is 6.07 Å². The van der Waals surface area contributed by atoms with Gasteiger partial charge in [0.15, 0.2) is 0 Å². The fourth-order valence-electron chi connectivity index (χ4n) is 2.29. The molecule has 1 N–H and O–H groups in total. The van der Waals surface area contributed by atoms with Gasteiger partial charge in [0.2, 0.25) is 0 Å². The number of hydrogen-bond donors (Lipinski definition) is 1. The number of aliphatic hydroxyl groups excluding tert-OH is 1. The average Bonchev–Trinajstić information content (AvgIpc) is 2.30. The summed E-state index contributed by atoms with van der Waals surface area (Å²) in [5.74, 6) is -0.429. The first-order valence-electron chi connectivity index (χ1n) is 6.16. The first-order chi connectivity index (χ1) is 8.95. The molecule has 1 unspecified atom stereocenters. The van der Waals surface area contributed by atoms with Crippen molar-refractivity contribution >= 4 is 11.6 Å². The van der Waals surface area contributed by atoms with Crippen LogP contribution in [0.4, 0.5) is 4.39 Å². The van der Waals surface area contributed by atoms with Crippen molar-refractivity contribution in [3.63, 3.8) is 0 Å². The second-order valence-corrected chi connectivity index (χ2v) is 5.32. The van der Waals surface area contributed by atoms with Gasteiger partial charge in [-0.05, 0) is 37.6 Å². The molecule has 100 valence electrons. The van der Waals surface area contributed by atoms with Crippen LogP contribution in [0.3, 0.4) is 0 Å². The van der Waals surface area contributed by atoms with Crippen molar-refractivity contribution in [3.8, 4) is 0 Å². The Balaban J connectivity index is 2.25. The molecule has 0 saturated carbocycles. The summed E-state index contributed by atoms with van der Waals surface area (Å²) in [5, 5.41) is 10.6. The molecular formula is C16H16ClFO. The summed E-state index contributed by atoms with van der Waals surface area (Å²) in [7, 11) is 0. The normalized spacial score (nSPS) is 12.5. The van der Waals surface area contributed by atoms with Gasteiger partial charge in [-0.2, -0.15) is 0 Å². The summed E-state index contributed by atoms with van der Waals surface area (Å²) in [4.78, 5) is 0. The summed E-state index contributed by atoms with van der Waals surface area (Å²) < 4.78 is 13.7. The highest BCUT2D eigenvalue weighted by Crippen LogP contribution is 2.25. The molecule has 1 atom stereocenters. The van der Waals surface area contributed by atoms with Crippen LogP contribution in [-0.4, -0.2) is 5.11 Å². The van der Waals surface area contributed by atoms with E-state index in [-0.39, 0.29) is 5.56 Å². The van der Waals surface area contributed by atoms with E-state index in [1.165, 1.54) is 18.2 Å². The lowest BCUT2D eigenvalue weighted by Gasteiger charge is -2.13. The summed E-state index contributed by atoms with van der Waals surface area (Å²) in [6, 6.07) is 10.3. The minimum absolute atomic E-state index is 0.242. The van der Waals surface area contributed by atoms with Gasteiger partial charge in [-0.3, -0.25) is 0 Å². The molecule has 0 heterocycles. The maximum absolute atomic E-state index is 13.7. The van der Waals surface area contributed by atoms with Gasteiger partial charge >= 0.3 is 0 Å². The highest BCUT2D eigenvalue weighted by atomic mass is 35.5. The van der Waals surface area contributed by atoms with Crippen molar-refractivity contribution in [1.82, 2.24) is 0 Å². The van der Waals surface area contributed by atoms with Crippen molar-refractivity contribution < 1.29 is 9.50 Å². The Kier molecular flexibility index (Phi) is 4.23. The van der Waals surface area contributed by atoms with Crippen molar-refractivity contribution in [3.05, 3.63) is 69.5 Å². The number of aryl methyl sites for hydroxylation is 2. The largest absolute Gasteiger partial charge is 0.388 e. The van der Waals surface area contributed by atoms with Crippen LogP contribution in [0, 0.1) is 19.7 Å². The van der Waals surface area contributed by atoms with Crippen molar-refractivity contribution in [1.29, 1.82) is 0 Å². The first kappa shape index (κ1) is 14.0. The SMILES string of the molecule is Cc1cc(C)cc(CC(O)c2cc(Cl)ccc2F)c1. The van der Waals surface area contributed by atoms with E-state index in [9.17, 15) is 9.50 Å². The van der Waals surface area contributed by atoms with Gasteiger partial charge in [0.25, 0.3) is 0 Å². The minimum atomic E-state index is -0.889. The Morgan fingerprint density at radius 1 is 1.11 bits per heavy atom. The fraction of sp³-hybridized carbons (Fsp3) is 0.250. The molecule has 0 bridgehead atoms. The van der Waals surface area contributed by atoms with Gasteiger partial charge in [-0.1, -0.05) is 40.9 Å². The molecule has 2 rings (SSSR count). The fourth-order valence-corrected chi connectivity index (χ4v) is 2.47. The van der Waals surface area contributed by atoms with E-state index in [1.807, 2.05) is 26.0 Å². The Hall–Kier alpha value is -1.38. The Bertz CT molecular complexity index is 575. The topological polar surface area (TPSA) is 20.2 Å². The van der Waals surface area contributed by atoms with Crippen LogP contribution in [0.1, 0.15) is 28.4 Å². The van der Waals surface area contributed by atoms with Gasteiger partial charge in [0.1, 0.15) is 5.82 Å². The second-order valence-electron chi connectivity index (χ2n) is 4.88. The molecule has 19 heavy (non-hydrogen) atoms. The highest BCUT2D eigenvalue weighted by molar-refractivity contribution is 6.30. The molecule has 0 saturated heterocycles. The summed E-state index contributed by atoms with van der Waals surface area (Å²) in [5.41, 5.74) is 3.50. The first-order valence-corrected chi connectivity index (χ1v) is 6.53. The molecular weight excluding hydrogens is 263 g/mol. The molecule has 0 amide bonds. The molecule has 0 aliphatic carbocycles. The number of halogens is 2. The molecule has 0 aliphatic heterocycles. The van der Waals surface area contributed by atoms with E-state index >= 15 is 0 Å². The van der Waals surface area contributed by atoms with Gasteiger partial charge in [0.05, 0.1) is 6.10 Å². The summed E-state index contributed by atoms with van der Waals surface area (Å²) in [6.07, 6.45) is -0.514. The lowest BCUT2D eigenvalue weighted by Crippen LogP contribution is -2.05. The second kappa shape index (κ2) is 5.72. The zero-order valence-corrected chi connectivity index (χ0v) is 11.7. The number of aliphatic hydroxyl groups is 1. The zero-order chi connectivity index (χ0) is 14.0. The monoisotopic (exact) mass is 278 g/mol. The summed E-state index contributed by atoms with van der Waals surface area (Å²) >= 11 is 5.84. The number of benzene rings is 2. The van der Waals surface area contributed by atoms with Crippen molar-refractivity contribution in [2.45, 2.75) is 26.4 Å². The molecule has 0 fully saturated rings. The molecule has 0 aromatic heterocycles. The predicted octanol–water partition coefficient (Wildman–Crippen LogP) is 4.37. The highest BCUT2D eigenvalue weighted by Gasteiger charge is 2.14. The third-order valence-corrected chi connectivity index (χ3v) is 3.26. The number of rotatable bonds is 3. The van der Waals surface area contributed by atoms with Crippen LogP contribution >= 0.6 is 11.6 Å². The van der Waals surface area contributed by atoms with Crippen LogP contribution in [0.2, 0.25) is 5.02 Å². The van der Waals surface area contributed by atoms with Crippen LogP contribution in [-0.2, 0) is 6.42 Å². The van der Waals surface area contributed by atoms with Crippen LogP contribution < -0.4 is 0 Å². The van der Waals surface area contributed by atoms with E-state index in [4.69, 9.17) is 11.6 Å². The Morgan fingerprint density at radius 3 is 2.37 bits per heavy atom. The number of hydrogen-bond acceptors (Lipinski definition) is 1. The molecule has 0 spiro atoms. The van der Waals surface area contributed by atoms with E-state index in [1.54, 1.807) is 0 Å². The quantitative estimate of drug-likeness (QED) is 0.884. The van der Waals surface area contributed by atoms with Gasteiger partial charge in [-0.15, -0.1) is 0 Å². The van der Waals surface area contributed by atoms with Crippen LogP contribution in [0.5, 0.6) is 0 Å². The summed E-state index contributed by atoms with van der Waals surface area (Å²) in [6.45, 7) is 4.01. The third-order valence-electron chi connectivity index (χ3n) is 3.03. The predicted molar refractivity (Wildman–Crippen MR) is 76.0 cm³/mol. The van der Waals surface area contributed by atoms with Gasteiger partial charge in [-0.25, -0.2) is 4.39 Å². The van der Waals surface area contributed by atoms with Crippen LogP contribution in [0.25, 0.3) is 0 Å². The smallest absolute Gasteiger partial charge is 0.129 e. The molecule has 2 aromatic rings. The van der Waals surface area contributed by atoms with E-state index in [0.717, 1.165) is 16.7 Å². The molecule has 0 radical (unpaired) electrons. The molecule has 3 heteroatoms. The van der Waals surface area contributed by atoms with Crippen molar-refractivity contribution in [2.24, 2.45) is 0 Å². The molecule has 0 aliphatic rings. The van der Waals surface area contributed by atoms with Gasteiger partial charge in [0, 0.05) is 17.0 Å². The maximum Gasteiger partial charge on any atom is 0.129 e. The Morgan fingerprint density at radius 2 is 1.74 bits per heavy atom. The average molecular weight is 279 g/mol. The minimum Gasteiger partial charge on any atom is -0.388 e. The lowest BCUT2D eigenvalue weighted by atomic mass is 9.98. The zero-order valence-electron chi connectivity index (χ0n) is 11.0. The molecule has 1 nitrogen and oxygen atoms in total. The van der Waals surface area contributed by atoms with E-state index < -0.39 is 11.9 Å². The van der Waals surface area contributed by atoms with Crippen LogP contribution in [0.15, 0.2) is 36.4 Å². The molecule has 2 aromatic carbocycles. The maximum atomic E-state index is 13.7. The third kappa shape index (κ3) is 3.55. The van der Waals surface area contributed by atoms with E-state index in [0.29, 0.717) is 11.4 Å². The standard InChI is InChI=1S/C16H16ClFO/c1-10-5-11(2)7-12(6-10)8-16(19)14-9-13(17)3-4-15(14)18/h3-7,9,16,19H,8H2,1-2H3. The Labute approximate surface area is 117 Å². The van der Waals surface area contributed by atoms with Crippen molar-refractivity contribution in [2.75, 3.05) is 0 Å². The lowest BCUT2D eigenvalue weighted by molar-refractivity contribution is 0.173.